The topological polar surface area (TPSA) is 104 Å². The molecule has 7 nitrogen and oxygen atoms in total. The molecule has 0 unspecified atom stereocenters. The van der Waals surface area contributed by atoms with Crippen molar-refractivity contribution in [1.82, 2.24) is 10.2 Å². The summed E-state index contributed by atoms with van der Waals surface area (Å²) in [5, 5.41) is 25.1. The van der Waals surface area contributed by atoms with Crippen LogP contribution < -0.4 is 4.90 Å². The second-order valence-electron chi connectivity index (χ2n) is 3.00. The van der Waals surface area contributed by atoms with Crippen molar-refractivity contribution in [2.75, 3.05) is 18.0 Å². The average molecular weight is 245 g/mol. The van der Waals surface area contributed by atoms with Crippen molar-refractivity contribution in [2.45, 2.75) is 12.8 Å². The second-order valence-corrected chi connectivity index (χ2v) is 3.81. The molecule has 0 aliphatic carbocycles. The van der Waals surface area contributed by atoms with Crippen molar-refractivity contribution < 1.29 is 19.8 Å². The van der Waals surface area contributed by atoms with Crippen molar-refractivity contribution in [3.05, 3.63) is 5.51 Å². The molecule has 0 spiro atoms. The molecule has 0 aliphatic heterocycles. The standard InChI is InChI=1S/C8H11N3O4S/c12-6(13)1-3-11(4-2-7(14)15)8-10-9-5-16-8/h5H,1-4H2,(H,12,13)(H,14,15). The molecule has 0 atom stereocenters. The highest BCUT2D eigenvalue weighted by Gasteiger charge is 2.12. The second kappa shape index (κ2) is 6.01. The van der Waals surface area contributed by atoms with Gasteiger partial charge in [0.2, 0.25) is 5.13 Å². The van der Waals surface area contributed by atoms with Gasteiger partial charge in [0.05, 0.1) is 12.8 Å². The summed E-state index contributed by atoms with van der Waals surface area (Å²) < 4.78 is 0. The van der Waals surface area contributed by atoms with E-state index in [0.717, 1.165) is 0 Å². The van der Waals surface area contributed by atoms with Crippen molar-refractivity contribution in [1.29, 1.82) is 0 Å². The molecule has 8 heteroatoms. The van der Waals surface area contributed by atoms with Gasteiger partial charge in [-0.15, -0.1) is 10.2 Å². The highest BCUT2D eigenvalue weighted by atomic mass is 32.1. The molecule has 0 saturated carbocycles. The molecule has 0 aromatic carbocycles. The Morgan fingerprint density at radius 3 is 2.19 bits per heavy atom. The van der Waals surface area contributed by atoms with Gasteiger partial charge in [0.15, 0.2) is 0 Å². The fraction of sp³-hybridized carbons (Fsp3) is 0.500. The minimum absolute atomic E-state index is 0.0564. The van der Waals surface area contributed by atoms with Crippen LogP contribution in [0.5, 0.6) is 0 Å². The largest absolute Gasteiger partial charge is 0.481 e. The van der Waals surface area contributed by atoms with E-state index in [1.54, 1.807) is 4.90 Å². The van der Waals surface area contributed by atoms with Crippen LogP contribution in [0.2, 0.25) is 0 Å². The summed E-state index contributed by atoms with van der Waals surface area (Å²) in [4.78, 5) is 22.5. The Bertz CT molecular complexity index is 336. The highest BCUT2D eigenvalue weighted by molar-refractivity contribution is 7.13. The van der Waals surface area contributed by atoms with E-state index >= 15 is 0 Å². The number of aliphatic carboxylic acids is 2. The van der Waals surface area contributed by atoms with Crippen molar-refractivity contribution >= 4 is 28.4 Å². The van der Waals surface area contributed by atoms with Gasteiger partial charge in [-0.05, 0) is 0 Å². The number of anilines is 1. The van der Waals surface area contributed by atoms with E-state index in [1.807, 2.05) is 0 Å². The van der Waals surface area contributed by atoms with Crippen LogP contribution in [0.25, 0.3) is 0 Å². The number of carboxylic acid groups (broad SMARTS) is 2. The Balaban J connectivity index is 2.55. The first kappa shape index (κ1) is 12.4. The first-order valence-corrected chi connectivity index (χ1v) is 5.42. The molecule has 0 amide bonds. The average Bonchev–Trinajstić information content (AvgIpc) is 2.70. The third-order valence-corrected chi connectivity index (χ3v) is 2.56. The van der Waals surface area contributed by atoms with E-state index in [4.69, 9.17) is 10.2 Å². The highest BCUT2D eigenvalue weighted by Crippen LogP contribution is 2.16. The summed E-state index contributed by atoms with van der Waals surface area (Å²) in [6, 6.07) is 0. The zero-order chi connectivity index (χ0) is 12.0. The van der Waals surface area contributed by atoms with Gasteiger partial charge in [-0.3, -0.25) is 9.59 Å². The SMILES string of the molecule is O=C(O)CCN(CCC(=O)O)c1nncs1. The first-order chi connectivity index (χ1) is 7.59. The van der Waals surface area contributed by atoms with Gasteiger partial charge in [-0.1, -0.05) is 11.3 Å². The maximum atomic E-state index is 10.4. The van der Waals surface area contributed by atoms with Gasteiger partial charge in [0.1, 0.15) is 5.51 Å². The fourth-order valence-corrected chi connectivity index (χ4v) is 1.68. The number of nitrogens with zero attached hydrogens (tertiary/aromatic N) is 3. The molecule has 16 heavy (non-hydrogen) atoms. The molecule has 1 aromatic heterocycles. The zero-order valence-electron chi connectivity index (χ0n) is 8.37. The zero-order valence-corrected chi connectivity index (χ0v) is 9.18. The van der Waals surface area contributed by atoms with Crippen LogP contribution in [-0.4, -0.2) is 45.4 Å². The molecular weight excluding hydrogens is 234 g/mol. The minimum atomic E-state index is -0.926. The van der Waals surface area contributed by atoms with Gasteiger partial charge in [0, 0.05) is 13.1 Å². The maximum Gasteiger partial charge on any atom is 0.305 e. The van der Waals surface area contributed by atoms with Gasteiger partial charge < -0.3 is 15.1 Å². The summed E-state index contributed by atoms with van der Waals surface area (Å²) in [5.41, 5.74) is 1.52. The van der Waals surface area contributed by atoms with Crippen LogP contribution in [0, 0.1) is 0 Å². The molecule has 0 bridgehead atoms. The lowest BCUT2D eigenvalue weighted by Crippen LogP contribution is -2.28. The third kappa shape index (κ3) is 4.22. The summed E-state index contributed by atoms with van der Waals surface area (Å²) in [6.07, 6.45) is -0.113. The Kier molecular flexibility index (Phi) is 4.65. The molecule has 0 fully saturated rings. The number of hydrogen-bond acceptors (Lipinski definition) is 6. The Morgan fingerprint density at radius 2 is 1.81 bits per heavy atom. The molecule has 2 N–H and O–H groups in total. The normalized spacial score (nSPS) is 10.0. The molecule has 1 heterocycles. The van der Waals surface area contributed by atoms with Gasteiger partial charge in [-0.2, -0.15) is 0 Å². The fourth-order valence-electron chi connectivity index (χ4n) is 1.07. The summed E-state index contributed by atoms with van der Waals surface area (Å²) in [5.74, 6) is -1.85. The summed E-state index contributed by atoms with van der Waals surface area (Å²) in [6.45, 7) is 0.468. The van der Waals surface area contributed by atoms with E-state index in [9.17, 15) is 9.59 Å². The number of carbonyl (C=O) groups is 2. The van der Waals surface area contributed by atoms with Crippen molar-refractivity contribution in [2.24, 2.45) is 0 Å². The van der Waals surface area contributed by atoms with E-state index in [2.05, 4.69) is 10.2 Å². The molecule has 88 valence electrons. The lowest BCUT2D eigenvalue weighted by atomic mass is 10.3. The van der Waals surface area contributed by atoms with Crippen LogP contribution in [0.4, 0.5) is 5.13 Å². The van der Waals surface area contributed by atoms with E-state index in [0.29, 0.717) is 5.13 Å². The third-order valence-electron chi connectivity index (χ3n) is 1.81. The summed E-state index contributed by atoms with van der Waals surface area (Å²) >= 11 is 1.25. The molecule has 1 rings (SSSR count). The van der Waals surface area contributed by atoms with Gasteiger partial charge in [-0.25, -0.2) is 0 Å². The molecule has 0 saturated heterocycles. The molecular formula is C8H11N3O4S. The Hall–Kier alpha value is -1.70. The Labute approximate surface area is 95.3 Å². The van der Waals surface area contributed by atoms with Crippen molar-refractivity contribution in [3.63, 3.8) is 0 Å². The number of carboxylic acids is 2. The predicted molar refractivity (Wildman–Crippen MR) is 56.6 cm³/mol. The molecule has 0 aliphatic rings. The van der Waals surface area contributed by atoms with E-state index in [1.165, 1.54) is 16.8 Å². The predicted octanol–water partition coefficient (Wildman–Crippen LogP) is 0.294. The van der Waals surface area contributed by atoms with E-state index < -0.39 is 11.9 Å². The Morgan fingerprint density at radius 1 is 1.25 bits per heavy atom. The number of rotatable bonds is 7. The summed E-state index contributed by atoms with van der Waals surface area (Å²) in [7, 11) is 0. The lowest BCUT2D eigenvalue weighted by molar-refractivity contribution is -0.137. The minimum Gasteiger partial charge on any atom is -0.481 e. The van der Waals surface area contributed by atoms with Crippen LogP contribution in [0.15, 0.2) is 5.51 Å². The van der Waals surface area contributed by atoms with Crippen LogP contribution in [-0.2, 0) is 9.59 Å². The monoisotopic (exact) mass is 245 g/mol. The van der Waals surface area contributed by atoms with E-state index in [-0.39, 0.29) is 25.9 Å². The number of aromatic nitrogens is 2. The number of hydrogen-bond donors (Lipinski definition) is 2. The maximum absolute atomic E-state index is 10.4. The van der Waals surface area contributed by atoms with Crippen LogP contribution >= 0.6 is 11.3 Å². The first-order valence-electron chi connectivity index (χ1n) is 4.54. The molecule has 1 aromatic rings. The molecule has 0 radical (unpaired) electrons. The lowest BCUT2D eigenvalue weighted by Gasteiger charge is -2.18. The quantitative estimate of drug-likeness (QED) is 0.711. The van der Waals surface area contributed by atoms with Gasteiger partial charge >= 0.3 is 11.9 Å². The smallest absolute Gasteiger partial charge is 0.305 e. The van der Waals surface area contributed by atoms with Crippen LogP contribution in [0.1, 0.15) is 12.8 Å². The van der Waals surface area contributed by atoms with Crippen LogP contribution in [0.3, 0.4) is 0 Å². The van der Waals surface area contributed by atoms with Gasteiger partial charge in [0.25, 0.3) is 0 Å². The van der Waals surface area contributed by atoms with Crippen molar-refractivity contribution in [3.8, 4) is 0 Å².